The van der Waals surface area contributed by atoms with E-state index in [0.29, 0.717) is 24.7 Å². The van der Waals surface area contributed by atoms with Crippen molar-refractivity contribution < 1.29 is 14.4 Å². The number of benzene rings is 2. The minimum Gasteiger partial charge on any atom is -0.492 e. The van der Waals surface area contributed by atoms with Crippen LogP contribution in [0.3, 0.4) is 0 Å². The molecule has 0 saturated carbocycles. The minimum absolute atomic E-state index is 0.0707. The van der Waals surface area contributed by atoms with Crippen LogP contribution in [0.15, 0.2) is 40.9 Å². The number of ether oxygens (including phenoxy) is 2. The van der Waals surface area contributed by atoms with Crippen LogP contribution in [0.4, 0.5) is 11.4 Å². The molecule has 2 aromatic carbocycles. The van der Waals surface area contributed by atoms with Crippen molar-refractivity contribution in [2.45, 2.75) is 13.5 Å². The number of nitro benzene ring substituents is 1. The highest BCUT2D eigenvalue weighted by atomic mass is 79.9. The van der Waals surface area contributed by atoms with Crippen LogP contribution in [-0.2, 0) is 6.54 Å². The van der Waals surface area contributed by atoms with E-state index in [1.807, 2.05) is 19.1 Å². The van der Waals surface area contributed by atoms with Crippen molar-refractivity contribution in [2.24, 2.45) is 0 Å². The van der Waals surface area contributed by atoms with Gasteiger partial charge in [-0.1, -0.05) is 0 Å². The average molecular weight is 381 g/mol. The third-order valence-corrected chi connectivity index (χ3v) is 3.74. The predicted molar refractivity (Wildman–Crippen MR) is 92.3 cm³/mol. The van der Waals surface area contributed by atoms with Gasteiger partial charge in [0.1, 0.15) is 0 Å². The number of methoxy groups -OCH3 is 1. The van der Waals surface area contributed by atoms with E-state index in [4.69, 9.17) is 9.47 Å². The van der Waals surface area contributed by atoms with Gasteiger partial charge in [0.25, 0.3) is 5.69 Å². The SMILES string of the molecule is CCOc1cc(CNc2ccc([N+](=O)[O-])cc2)cc(Br)c1OC. The molecule has 0 spiro atoms. The van der Waals surface area contributed by atoms with E-state index < -0.39 is 4.92 Å². The Morgan fingerprint density at radius 1 is 1.26 bits per heavy atom. The molecule has 0 atom stereocenters. The molecule has 122 valence electrons. The second-order valence-electron chi connectivity index (χ2n) is 4.70. The highest BCUT2D eigenvalue weighted by Crippen LogP contribution is 2.36. The second-order valence-corrected chi connectivity index (χ2v) is 5.55. The molecule has 0 unspecified atom stereocenters. The Morgan fingerprint density at radius 2 is 1.96 bits per heavy atom. The zero-order valence-corrected chi connectivity index (χ0v) is 14.4. The van der Waals surface area contributed by atoms with Crippen LogP contribution in [0, 0.1) is 10.1 Å². The molecule has 0 aliphatic heterocycles. The van der Waals surface area contributed by atoms with Crippen LogP contribution in [0.2, 0.25) is 0 Å². The molecule has 1 N–H and O–H groups in total. The molecule has 0 amide bonds. The highest BCUT2D eigenvalue weighted by Gasteiger charge is 2.11. The van der Waals surface area contributed by atoms with E-state index in [1.54, 1.807) is 19.2 Å². The molecule has 2 rings (SSSR count). The van der Waals surface area contributed by atoms with Crippen molar-refractivity contribution in [3.8, 4) is 11.5 Å². The molecule has 0 aromatic heterocycles. The van der Waals surface area contributed by atoms with Crippen molar-refractivity contribution in [1.29, 1.82) is 0 Å². The topological polar surface area (TPSA) is 73.6 Å². The van der Waals surface area contributed by atoms with Crippen molar-refractivity contribution in [2.75, 3.05) is 19.0 Å². The monoisotopic (exact) mass is 380 g/mol. The highest BCUT2D eigenvalue weighted by molar-refractivity contribution is 9.10. The van der Waals surface area contributed by atoms with Gasteiger partial charge in [0.05, 0.1) is 23.1 Å². The first-order valence-electron chi connectivity index (χ1n) is 7.02. The maximum Gasteiger partial charge on any atom is 0.269 e. The number of hydrogen-bond donors (Lipinski definition) is 1. The fourth-order valence-electron chi connectivity index (χ4n) is 2.09. The van der Waals surface area contributed by atoms with Gasteiger partial charge in [-0.15, -0.1) is 0 Å². The average Bonchev–Trinajstić information content (AvgIpc) is 2.53. The molecule has 0 radical (unpaired) electrons. The molecule has 0 heterocycles. The first-order valence-corrected chi connectivity index (χ1v) is 7.82. The van der Waals surface area contributed by atoms with E-state index in [-0.39, 0.29) is 5.69 Å². The van der Waals surface area contributed by atoms with E-state index in [1.165, 1.54) is 12.1 Å². The molecule has 0 saturated heterocycles. The molecule has 0 bridgehead atoms. The lowest BCUT2D eigenvalue weighted by Crippen LogP contribution is -2.02. The standard InChI is InChI=1S/C16H17BrN2O4/c1-3-23-15-9-11(8-14(17)16(15)22-2)10-18-12-4-6-13(7-5-12)19(20)21/h4-9,18H,3,10H2,1-2H3. The number of anilines is 1. The number of hydrogen-bond acceptors (Lipinski definition) is 5. The Balaban J connectivity index is 2.12. The number of nitro groups is 1. The summed E-state index contributed by atoms with van der Waals surface area (Å²) in [5, 5.41) is 13.9. The number of halogens is 1. The number of nitrogens with one attached hydrogen (secondary N) is 1. The molecule has 23 heavy (non-hydrogen) atoms. The molecular formula is C16H17BrN2O4. The summed E-state index contributed by atoms with van der Waals surface area (Å²) < 4.78 is 11.7. The molecule has 0 aliphatic rings. The molecular weight excluding hydrogens is 364 g/mol. The maximum atomic E-state index is 10.6. The molecule has 6 nitrogen and oxygen atoms in total. The van der Waals surface area contributed by atoms with Crippen molar-refractivity contribution in [3.63, 3.8) is 0 Å². The Bertz CT molecular complexity index is 689. The fraction of sp³-hybridized carbons (Fsp3) is 0.250. The largest absolute Gasteiger partial charge is 0.492 e. The molecule has 7 heteroatoms. The van der Waals surface area contributed by atoms with Gasteiger partial charge in [-0.3, -0.25) is 10.1 Å². The van der Waals surface area contributed by atoms with Crippen LogP contribution in [-0.4, -0.2) is 18.6 Å². The fourth-order valence-corrected chi connectivity index (χ4v) is 2.74. The molecule has 2 aromatic rings. The zero-order valence-electron chi connectivity index (χ0n) is 12.8. The summed E-state index contributed by atoms with van der Waals surface area (Å²) in [5.74, 6) is 1.33. The zero-order chi connectivity index (χ0) is 16.8. The number of rotatable bonds is 7. The molecule has 0 fully saturated rings. The van der Waals surface area contributed by atoms with E-state index in [9.17, 15) is 10.1 Å². The van der Waals surface area contributed by atoms with E-state index in [2.05, 4.69) is 21.2 Å². The van der Waals surface area contributed by atoms with Crippen LogP contribution in [0.25, 0.3) is 0 Å². The minimum atomic E-state index is -0.418. The summed E-state index contributed by atoms with van der Waals surface area (Å²) in [6.07, 6.45) is 0. The van der Waals surface area contributed by atoms with Crippen LogP contribution in [0.1, 0.15) is 12.5 Å². The van der Waals surface area contributed by atoms with Crippen molar-refractivity contribution in [1.82, 2.24) is 0 Å². The summed E-state index contributed by atoms with van der Waals surface area (Å²) >= 11 is 3.47. The smallest absolute Gasteiger partial charge is 0.269 e. The first kappa shape index (κ1) is 17.1. The summed E-state index contributed by atoms with van der Waals surface area (Å²) in [7, 11) is 1.59. The van der Waals surface area contributed by atoms with Gasteiger partial charge < -0.3 is 14.8 Å². The lowest BCUT2D eigenvalue weighted by atomic mass is 10.2. The van der Waals surface area contributed by atoms with Crippen LogP contribution >= 0.6 is 15.9 Å². The van der Waals surface area contributed by atoms with E-state index >= 15 is 0 Å². The Labute approximate surface area is 142 Å². The molecule has 0 aliphatic carbocycles. The quantitative estimate of drug-likeness (QED) is 0.569. The van der Waals surface area contributed by atoms with Crippen LogP contribution in [0.5, 0.6) is 11.5 Å². The van der Waals surface area contributed by atoms with E-state index in [0.717, 1.165) is 15.7 Å². The van der Waals surface area contributed by atoms with Crippen molar-refractivity contribution in [3.05, 3.63) is 56.5 Å². The van der Waals surface area contributed by atoms with Gasteiger partial charge in [0.15, 0.2) is 11.5 Å². The number of nitrogens with zero attached hydrogens (tertiary/aromatic N) is 1. The summed E-state index contributed by atoms with van der Waals surface area (Å²) in [6.45, 7) is 3.01. The maximum absolute atomic E-state index is 10.6. The lowest BCUT2D eigenvalue weighted by molar-refractivity contribution is -0.384. The summed E-state index contributed by atoms with van der Waals surface area (Å²) in [6, 6.07) is 10.2. The van der Waals surface area contributed by atoms with Gasteiger partial charge in [-0.05, 0) is 52.7 Å². The summed E-state index contributed by atoms with van der Waals surface area (Å²) in [4.78, 5) is 10.2. The van der Waals surface area contributed by atoms with Gasteiger partial charge >= 0.3 is 0 Å². The Hall–Kier alpha value is -2.28. The Kier molecular flexibility index (Phi) is 5.81. The number of non-ortho nitro benzene ring substituents is 1. The second kappa shape index (κ2) is 7.82. The van der Waals surface area contributed by atoms with Crippen molar-refractivity contribution >= 4 is 27.3 Å². The predicted octanol–water partition coefficient (Wildman–Crippen LogP) is 4.38. The first-order chi connectivity index (χ1) is 11.0. The third-order valence-electron chi connectivity index (χ3n) is 3.15. The Morgan fingerprint density at radius 3 is 2.52 bits per heavy atom. The van der Waals surface area contributed by atoms with Gasteiger partial charge in [0, 0.05) is 24.4 Å². The lowest BCUT2D eigenvalue weighted by Gasteiger charge is -2.14. The third kappa shape index (κ3) is 4.35. The summed E-state index contributed by atoms with van der Waals surface area (Å²) in [5.41, 5.74) is 1.88. The van der Waals surface area contributed by atoms with Gasteiger partial charge in [0.2, 0.25) is 0 Å². The van der Waals surface area contributed by atoms with Crippen LogP contribution < -0.4 is 14.8 Å². The normalized spacial score (nSPS) is 10.2. The van der Waals surface area contributed by atoms with Gasteiger partial charge in [-0.25, -0.2) is 0 Å². The van der Waals surface area contributed by atoms with Gasteiger partial charge in [-0.2, -0.15) is 0 Å².